The van der Waals surface area contributed by atoms with Gasteiger partial charge < -0.3 is 19.7 Å². The molecule has 0 unspecified atom stereocenters. The molecule has 2 amide bonds. The van der Waals surface area contributed by atoms with Crippen LogP contribution in [-0.2, 0) is 4.79 Å². The van der Waals surface area contributed by atoms with Gasteiger partial charge >= 0.3 is 0 Å². The molecule has 0 bridgehead atoms. The number of methoxy groups -OCH3 is 1. The number of nitrogens with one attached hydrogen (secondary N) is 1. The molecule has 8 heteroatoms. The zero-order valence-electron chi connectivity index (χ0n) is 20.1. The van der Waals surface area contributed by atoms with Crippen molar-refractivity contribution in [3.63, 3.8) is 0 Å². The fourth-order valence-corrected chi connectivity index (χ4v) is 5.77. The summed E-state index contributed by atoms with van der Waals surface area (Å²) in [5, 5.41) is 3.84. The zero-order chi connectivity index (χ0) is 24.5. The highest BCUT2D eigenvalue weighted by Gasteiger charge is 2.54. The highest BCUT2D eigenvalue weighted by molar-refractivity contribution is 7.15. The van der Waals surface area contributed by atoms with Crippen LogP contribution in [0.1, 0.15) is 27.5 Å². The Kier molecular flexibility index (Phi) is 6.47. The minimum Gasteiger partial charge on any atom is -0.497 e. The molecular weight excluding hydrogens is 462 g/mol. The lowest BCUT2D eigenvalue weighted by atomic mass is 10.1. The first kappa shape index (κ1) is 23.4. The number of thiazole rings is 1. The van der Waals surface area contributed by atoms with Gasteiger partial charge in [0.05, 0.1) is 23.0 Å². The number of carbonyl (C=O) groups excluding carboxylic acids is 2. The lowest BCUT2D eigenvalue weighted by Crippen LogP contribution is -2.46. The number of aromatic nitrogens is 1. The minimum atomic E-state index is -0.214. The predicted octanol–water partition coefficient (Wildman–Crippen LogP) is 4.09. The lowest BCUT2D eigenvalue weighted by Gasteiger charge is -2.27. The van der Waals surface area contributed by atoms with Crippen molar-refractivity contribution < 1.29 is 19.1 Å². The Bertz CT molecular complexity index is 1260. The van der Waals surface area contributed by atoms with Crippen molar-refractivity contribution in [2.24, 2.45) is 11.8 Å². The summed E-state index contributed by atoms with van der Waals surface area (Å²) < 4.78 is 10.8. The van der Waals surface area contributed by atoms with Crippen LogP contribution in [0.4, 0.5) is 0 Å². The van der Waals surface area contributed by atoms with Gasteiger partial charge in [-0.3, -0.25) is 9.59 Å². The average Bonchev–Trinajstić information content (AvgIpc) is 3.37. The Morgan fingerprint density at radius 3 is 2.74 bits per heavy atom. The standard InChI is InChI=1S/C27H29N3O4S/c1-16-6-4-7-18(10-16)26-25(29-17(2)35-26)27(32)30-14-19-11-22(19)23(30)13-28-24(31)15-34-21-9-5-8-20(12-21)33-3/h4-10,12,19,22-23H,11,13-15H2,1-3H3,(H,28,31)/t19-,22-,23-/m1/s1. The maximum absolute atomic E-state index is 13.7. The molecule has 182 valence electrons. The maximum atomic E-state index is 13.7. The van der Waals surface area contributed by atoms with Crippen LogP contribution in [-0.4, -0.2) is 54.5 Å². The van der Waals surface area contributed by atoms with Crippen molar-refractivity contribution in [1.29, 1.82) is 0 Å². The van der Waals surface area contributed by atoms with Crippen molar-refractivity contribution in [2.75, 3.05) is 26.8 Å². The number of aryl methyl sites for hydroxylation is 2. The van der Waals surface area contributed by atoms with Gasteiger partial charge in [-0.15, -0.1) is 11.3 Å². The second-order valence-corrected chi connectivity index (χ2v) is 10.4. The van der Waals surface area contributed by atoms with E-state index in [2.05, 4.69) is 16.4 Å². The van der Waals surface area contributed by atoms with Crippen molar-refractivity contribution in [3.8, 4) is 21.9 Å². The van der Waals surface area contributed by atoms with E-state index in [9.17, 15) is 9.59 Å². The third-order valence-electron chi connectivity index (χ3n) is 6.70. The second kappa shape index (κ2) is 9.70. The fraction of sp³-hybridized carbons (Fsp3) is 0.370. The average molecular weight is 492 g/mol. The van der Waals surface area contributed by atoms with E-state index in [1.807, 2.05) is 49.1 Å². The topological polar surface area (TPSA) is 80.8 Å². The van der Waals surface area contributed by atoms with E-state index in [4.69, 9.17) is 9.47 Å². The van der Waals surface area contributed by atoms with Crippen LogP contribution in [0.25, 0.3) is 10.4 Å². The molecular formula is C27H29N3O4S. The molecule has 1 saturated carbocycles. The van der Waals surface area contributed by atoms with Gasteiger partial charge in [-0.25, -0.2) is 4.98 Å². The van der Waals surface area contributed by atoms with E-state index in [1.54, 1.807) is 30.6 Å². The molecule has 1 aliphatic heterocycles. The number of piperidine rings is 1. The van der Waals surface area contributed by atoms with Crippen molar-refractivity contribution in [2.45, 2.75) is 26.3 Å². The molecule has 2 aliphatic rings. The van der Waals surface area contributed by atoms with Crippen LogP contribution >= 0.6 is 11.3 Å². The molecule has 2 aromatic carbocycles. The molecule has 2 fully saturated rings. The quantitative estimate of drug-likeness (QED) is 0.513. The largest absolute Gasteiger partial charge is 0.497 e. The van der Waals surface area contributed by atoms with Gasteiger partial charge in [0.2, 0.25) is 0 Å². The van der Waals surface area contributed by atoms with Gasteiger partial charge in [-0.05, 0) is 49.8 Å². The van der Waals surface area contributed by atoms with E-state index in [0.29, 0.717) is 42.1 Å². The number of hydrogen-bond acceptors (Lipinski definition) is 6. The van der Waals surface area contributed by atoms with E-state index in [0.717, 1.165) is 27.4 Å². The minimum absolute atomic E-state index is 0.0272. The molecule has 1 saturated heterocycles. The Labute approximate surface area is 209 Å². The summed E-state index contributed by atoms with van der Waals surface area (Å²) in [5.74, 6) is 1.92. The van der Waals surface area contributed by atoms with E-state index in [-0.39, 0.29) is 24.5 Å². The predicted molar refractivity (Wildman–Crippen MR) is 135 cm³/mol. The molecule has 1 N–H and O–H groups in total. The number of benzene rings is 2. The van der Waals surface area contributed by atoms with Crippen LogP contribution in [0.15, 0.2) is 48.5 Å². The van der Waals surface area contributed by atoms with Gasteiger partial charge in [0, 0.05) is 19.2 Å². The molecule has 3 aromatic rings. The number of ether oxygens (including phenoxy) is 2. The third kappa shape index (κ3) is 5.03. The van der Waals surface area contributed by atoms with Crippen LogP contribution in [0.5, 0.6) is 11.5 Å². The Hall–Kier alpha value is -3.39. The molecule has 1 aliphatic carbocycles. The highest BCUT2D eigenvalue weighted by atomic mass is 32.1. The van der Waals surface area contributed by atoms with Crippen molar-refractivity contribution in [1.82, 2.24) is 15.2 Å². The summed E-state index contributed by atoms with van der Waals surface area (Å²) in [5.41, 5.74) is 2.67. The summed E-state index contributed by atoms with van der Waals surface area (Å²) >= 11 is 1.55. The van der Waals surface area contributed by atoms with Crippen molar-refractivity contribution in [3.05, 3.63) is 64.8 Å². The lowest BCUT2D eigenvalue weighted by molar-refractivity contribution is -0.123. The van der Waals surface area contributed by atoms with Gasteiger partial charge in [0.15, 0.2) is 6.61 Å². The normalized spacial score (nSPS) is 20.3. The number of likely N-dealkylation sites (tertiary alicyclic amines) is 1. The monoisotopic (exact) mass is 491 g/mol. The molecule has 0 radical (unpaired) electrons. The van der Waals surface area contributed by atoms with Gasteiger partial charge in [-0.1, -0.05) is 35.9 Å². The molecule has 1 aromatic heterocycles. The third-order valence-corrected chi connectivity index (χ3v) is 7.72. The van der Waals surface area contributed by atoms with Crippen LogP contribution in [0.2, 0.25) is 0 Å². The Morgan fingerprint density at radius 1 is 1.14 bits per heavy atom. The SMILES string of the molecule is COc1cccc(OCC(=O)NC[C@@H]2[C@@H]3C[C@@H]3CN2C(=O)c2nc(C)sc2-c2cccc(C)c2)c1. The summed E-state index contributed by atoms with van der Waals surface area (Å²) in [6.45, 7) is 5.01. The molecule has 2 heterocycles. The number of amides is 2. The number of nitrogens with zero attached hydrogens (tertiary/aromatic N) is 2. The smallest absolute Gasteiger partial charge is 0.274 e. The van der Waals surface area contributed by atoms with Crippen molar-refractivity contribution >= 4 is 23.2 Å². The summed E-state index contributed by atoms with van der Waals surface area (Å²) in [4.78, 5) is 33.6. The Morgan fingerprint density at radius 2 is 1.94 bits per heavy atom. The summed E-state index contributed by atoms with van der Waals surface area (Å²) in [6, 6.07) is 15.3. The Balaban J connectivity index is 1.24. The number of fused-ring (bicyclic) bond motifs is 1. The number of hydrogen-bond donors (Lipinski definition) is 1. The number of carbonyl (C=O) groups is 2. The van der Waals surface area contributed by atoms with E-state index >= 15 is 0 Å². The van der Waals surface area contributed by atoms with E-state index < -0.39 is 0 Å². The van der Waals surface area contributed by atoms with Gasteiger partial charge in [-0.2, -0.15) is 0 Å². The highest BCUT2D eigenvalue weighted by Crippen LogP contribution is 2.50. The first-order valence-corrected chi connectivity index (χ1v) is 12.6. The molecule has 5 rings (SSSR count). The van der Waals surface area contributed by atoms with Crippen LogP contribution < -0.4 is 14.8 Å². The molecule has 7 nitrogen and oxygen atoms in total. The first-order chi connectivity index (χ1) is 16.9. The fourth-order valence-electron chi connectivity index (χ4n) is 4.87. The zero-order valence-corrected chi connectivity index (χ0v) is 20.9. The first-order valence-electron chi connectivity index (χ1n) is 11.8. The van der Waals surface area contributed by atoms with Crippen LogP contribution in [0.3, 0.4) is 0 Å². The second-order valence-electron chi connectivity index (χ2n) is 9.24. The summed E-state index contributed by atoms with van der Waals surface area (Å²) in [6.07, 6.45) is 1.10. The van der Waals surface area contributed by atoms with Crippen LogP contribution in [0, 0.1) is 25.7 Å². The van der Waals surface area contributed by atoms with Gasteiger partial charge in [0.25, 0.3) is 11.8 Å². The van der Waals surface area contributed by atoms with E-state index in [1.165, 1.54) is 0 Å². The maximum Gasteiger partial charge on any atom is 0.274 e. The van der Waals surface area contributed by atoms with Gasteiger partial charge in [0.1, 0.15) is 17.2 Å². The number of rotatable bonds is 8. The molecule has 0 spiro atoms. The molecule has 3 atom stereocenters. The molecule has 35 heavy (non-hydrogen) atoms. The summed E-state index contributed by atoms with van der Waals surface area (Å²) in [7, 11) is 1.59.